The molecule has 3 aromatic carbocycles. The van der Waals surface area contributed by atoms with E-state index in [4.69, 9.17) is 0 Å². The topological polar surface area (TPSA) is 0 Å². The lowest BCUT2D eigenvalue weighted by atomic mass is 9.92. The molecule has 0 saturated heterocycles. The Morgan fingerprint density at radius 1 is 0.607 bits per heavy atom. The normalized spacial score (nSPS) is 17.0. The summed E-state index contributed by atoms with van der Waals surface area (Å²) in [6, 6.07) is 31.1. The standard InChI is InChI=1S/C27H27P/c1-19-20(2)22(4)27(21(19)3)25-17-11-12-18-26(25)28(23-13-7-5-8-14-23)24-15-9-6-10-16-24/h5-18,21H,1-4H3. The zero-order chi connectivity index (χ0) is 19.7. The van der Waals surface area contributed by atoms with Crippen molar-refractivity contribution in [3.05, 3.63) is 107 Å². The minimum absolute atomic E-state index is 0.476. The van der Waals surface area contributed by atoms with Crippen molar-refractivity contribution in [3.63, 3.8) is 0 Å². The van der Waals surface area contributed by atoms with E-state index in [1.54, 1.807) is 0 Å². The Hall–Kier alpha value is -2.43. The van der Waals surface area contributed by atoms with Crippen molar-refractivity contribution < 1.29 is 0 Å². The second kappa shape index (κ2) is 7.90. The van der Waals surface area contributed by atoms with Crippen molar-refractivity contribution in [1.29, 1.82) is 0 Å². The van der Waals surface area contributed by atoms with E-state index in [1.165, 1.54) is 43.8 Å². The maximum absolute atomic E-state index is 2.36. The molecule has 0 aliphatic heterocycles. The van der Waals surface area contributed by atoms with Gasteiger partial charge in [-0.05, 0) is 66.9 Å². The third-order valence-electron chi connectivity index (χ3n) is 6.10. The molecule has 1 unspecified atom stereocenters. The molecule has 0 fully saturated rings. The summed E-state index contributed by atoms with van der Waals surface area (Å²) in [7, 11) is -0.602. The third-order valence-corrected chi connectivity index (χ3v) is 8.61. The highest BCUT2D eigenvalue weighted by atomic mass is 31.1. The van der Waals surface area contributed by atoms with Crippen LogP contribution >= 0.6 is 7.92 Å². The van der Waals surface area contributed by atoms with Crippen LogP contribution in [0.5, 0.6) is 0 Å². The second-order valence-corrected chi connectivity index (χ2v) is 9.78. The fraction of sp³-hybridized carbons (Fsp3) is 0.185. The largest absolute Gasteiger partial charge is 0.0629 e. The van der Waals surface area contributed by atoms with E-state index < -0.39 is 7.92 Å². The molecular weight excluding hydrogens is 355 g/mol. The number of allylic oxidation sites excluding steroid dienone is 4. The SMILES string of the molecule is CC1=C(C)C(C)C(c2ccccc2P(c2ccccc2)c2ccccc2)=C1C. The quantitative estimate of drug-likeness (QED) is 0.471. The minimum atomic E-state index is -0.602. The fourth-order valence-corrected chi connectivity index (χ4v) is 6.74. The molecule has 1 atom stereocenters. The number of hydrogen-bond acceptors (Lipinski definition) is 0. The van der Waals surface area contributed by atoms with E-state index in [2.05, 4.69) is 113 Å². The summed E-state index contributed by atoms with van der Waals surface area (Å²) in [5.41, 5.74) is 7.34. The zero-order valence-electron chi connectivity index (χ0n) is 17.1. The summed E-state index contributed by atoms with van der Waals surface area (Å²) >= 11 is 0. The number of rotatable bonds is 4. The molecule has 1 aliphatic carbocycles. The van der Waals surface area contributed by atoms with Crippen LogP contribution in [0.25, 0.3) is 5.57 Å². The van der Waals surface area contributed by atoms with Crippen LogP contribution in [-0.2, 0) is 0 Å². The van der Waals surface area contributed by atoms with E-state index in [0.717, 1.165) is 0 Å². The Bertz CT molecular complexity index is 1000. The first-order chi connectivity index (χ1) is 13.6. The molecule has 0 N–H and O–H groups in total. The van der Waals surface area contributed by atoms with Crippen LogP contribution in [0.1, 0.15) is 33.3 Å². The lowest BCUT2D eigenvalue weighted by Crippen LogP contribution is -2.23. The molecule has 0 aromatic heterocycles. The predicted molar refractivity (Wildman–Crippen MR) is 125 cm³/mol. The van der Waals surface area contributed by atoms with Crippen LogP contribution in [0.4, 0.5) is 0 Å². The highest BCUT2D eigenvalue weighted by molar-refractivity contribution is 7.80. The molecule has 0 nitrogen and oxygen atoms in total. The van der Waals surface area contributed by atoms with Crippen molar-refractivity contribution in [2.75, 3.05) is 0 Å². The Kier molecular flexibility index (Phi) is 5.33. The van der Waals surface area contributed by atoms with Crippen LogP contribution in [0.2, 0.25) is 0 Å². The Labute approximate surface area is 170 Å². The summed E-state index contributed by atoms with van der Waals surface area (Å²) in [4.78, 5) is 0. The smallest absolute Gasteiger partial charge is 0.00317 e. The molecule has 3 aromatic rings. The van der Waals surface area contributed by atoms with Crippen molar-refractivity contribution in [3.8, 4) is 0 Å². The van der Waals surface area contributed by atoms with Gasteiger partial charge in [-0.2, -0.15) is 0 Å². The molecule has 4 rings (SSSR count). The molecule has 0 heterocycles. The summed E-state index contributed by atoms with van der Waals surface area (Å²) in [5, 5.41) is 4.27. The van der Waals surface area contributed by atoms with Gasteiger partial charge in [-0.15, -0.1) is 0 Å². The molecule has 140 valence electrons. The Morgan fingerprint density at radius 3 is 1.61 bits per heavy atom. The van der Waals surface area contributed by atoms with Crippen molar-refractivity contribution >= 4 is 29.4 Å². The van der Waals surface area contributed by atoms with E-state index in [0.29, 0.717) is 5.92 Å². The van der Waals surface area contributed by atoms with E-state index in [1.807, 2.05) is 0 Å². The van der Waals surface area contributed by atoms with Crippen molar-refractivity contribution in [2.45, 2.75) is 27.7 Å². The average Bonchev–Trinajstić information content (AvgIpc) is 2.93. The van der Waals surface area contributed by atoms with Gasteiger partial charge >= 0.3 is 0 Å². The first-order valence-corrected chi connectivity index (χ1v) is 11.3. The molecule has 28 heavy (non-hydrogen) atoms. The average molecular weight is 382 g/mol. The second-order valence-electron chi connectivity index (χ2n) is 7.59. The predicted octanol–water partition coefficient (Wildman–Crippen LogP) is 6.20. The van der Waals surface area contributed by atoms with E-state index >= 15 is 0 Å². The highest BCUT2D eigenvalue weighted by Gasteiger charge is 2.28. The third kappa shape index (κ3) is 3.27. The lowest BCUT2D eigenvalue weighted by Gasteiger charge is -2.25. The van der Waals surface area contributed by atoms with Gasteiger partial charge in [-0.25, -0.2) is 0 Å². The molecule has 0 radical (unpaired) electrons. The minimum Gasteiger partial charge on any atom is -0.0629 e. The van der Waals surface area contributed by atoms with Gasteiger partial charge in [-0.3, -0.25) is 0 Å². The first kappa shape index (κ1) is 18.9. The van der Waals surface area contributed by atoms with Gasteiger partial charge in [0.1, 0.15) is 0 Å². The summed E-state index contributed by atoms with van der Waals surface area (Å²) in [6.45, 7) is 9.21. The molecule has 1 aliphatic rings. The van der Waals surface area contributed by atoms with Crippen LogP contribution < -0.4 is 15.9 Å². The van der Waals surface area contributed by atoms with Gasteiger partial charge in [0.25, 0.3) is 0 Å². The monoisotopic (exact) mass is 382 g/mol. The maximum atomic E-state index is 2.36. The fourth-order valence-electron chi connectivity index (χ4n) is 4.28. The highest BCUT2D eigenvalue weighted by Crippen LogP contribution is 2.44. The molecule has 0 saturated carbocycles. The first-order valence-electron chi connectivity index (χ1n) is 9.97. The van der Waals surface area contributed by atoms with Crippen LogP contribution in [0.3, 0.4) is 0 Å². The summed E-state index contributed by atoms with van der Waals surface area (Å²) < 4.78 is 0. The van der Waals surface area contributed by atoms with Gasteiger partial charge in [0.2, 0.25) is 0 Å². The van der Waals surface area contributed by atoms with Crippen LogP contribution in [0.15, 0.2) is 102 Å². The Balaban J connectivity index is 1.94. The van der Waals surface area contributed by atoms with E-state index in [-0.39, 0.29) is 0 Å². The van der Waals surface area contributed by atoms with Crippen molar-refractivity contribution in [1.82, 2.24) is 0 Å². The number of benzene rings is 3. The zero-order valence-corrected chi connectivity index (χ0v) is 18.0. The van der Waals surface area contributed by atoms with Crippen molar-refractivity contribution in [2.24, 2.45) is 5.92 Å². The van der Waals surface area contributed by atoms with Gasteiger partial charge in [0, 0.05) is 5.92 Å². The van der Waals surface area contributed by atoms with Gasteiger partial charge in [-0.1, -0.05) is 97.4 Å². The van der Waals surface area contributed by atoms with Gasteiger partial charge < -0.3 is 0 Å². The molecule has 0 bridgehead atoms. The molecular formula is C27H27P. The van der Waals surface area contributed by atoms with Crippen LogP contribution in [0, 0.1) is 5.92 Å². The Morgan fingerprint density at radius 2 is 1.11 bits per heavy atom. The van der Waals surface area contributed by atoms with Gasteiger partial charge in [0.15, 0.2) is 0 Å². The molecule has 0 spiro atoms. The summed E-state index contributed by atoms with van der Waals surface area (Å²) in [5.74, 6) is 0.476. The lowest BCUT2D eigenvalue weighted by molar-refractivity contribution is 0.896. The molecule has 0 amide bonds. The van der Waals surface area contributed by atoms with Gasteiger partial charge in [0.05, 0.1) is 0 Å². The maximum Gasteiger partial charge on any atom is 0.00317 e. The molecule has 1 heteroatoms. The van der Waals surface area contributed by atoms with Crippen LogP contribution in [-0.4, -0.2) is 0 Å². The van der Waals surface area contributed by atoms with E-state index in [9.17, 15) is 0 Å². The summed E-state index contributed by atoms with van der Waals surface area (Å²) in [6.07, 6.45) is 0. The number of hydrogen-bond donors (Lipinski definition) is 0.